The second kappa shape index (κ2) is 14.1. The number of rotatable bonds is 15. The third-order valence-electron chi connectivity index (χ3n) is 5.54. The summed E-state index contributed by atoms with van der Waals surface area (Å²) < 4.78 is 16.4. The fourth-order valence-electron chi connectivity index (χ4n) is 3.41. The molecule has 2 atom stereocenters. The lowest BCUT2D eigenvalue weighted by Gasteiger charge is -2.21. The number of benzene rings is 1. The van der Waals surface area contributed by atoms with Crippen LogP contribution in [0.25, 0.3) is 0 Å². The molecule has 0 aliphatic carbocycles. The predicted molar refractivity (Wildman–Crippen MR) is 121 cm³/mol. The van der Waals surface area contributed by atoms with Gasteiger partial charge in [-0.2, -0.15) is 0 Å². The lowest BCUT2D eigenvalue weighted by molar-refractivity contribution is -0.143. The van der Waals surface area contributed by atoms with E-state index in [2.05, 4.69) is 32.1 Å². The first-order chi connectivity index (χ1) is 14.3. The molecule has 5 heteroatoms. The van der Waals surface area contributed by atoms with Gasteiger partial charge in [0.25, 0.3) is 0 Å². The van der Waals surface area contributed by atoms with Gasteiger partial charge in [-0.1, -0.05) is 45.9 Å². The maximum Gasteiger partial charge on any atom is 0.307 e. The Kier molecular flexibility index (Phi) is 12.2. The predicted octanol–water partition coefficient (Wildman–Crippen LogP) is 5.62. The average molecular weight is 421 g/mol. The van der Waals surface area contributed by atoms with Crippen molar-refractivity contribution in [1.82, 2.24) is 0 Å². The van der Waals surface area contributed by atoms with Crippen molar-refractivity contribution in [3.8, 4) is 11.5 Å². The van der Waals surface area contributed by atoms with E-state index >= 15 is 0 Å². The highest BCUT2D eigenvalue weighted by molar-refractivity contribution is 5.70. The van der Waals surface area contributed by atoms with Gasteiger partial charge in [-0.15, -0.1) is 0 Å². The van der Waals surface area contributed by atoms with Crippen molar-refractivity contribution in [3.63, 3.8) is 0 Å². The monoisotopic (exact) mass is 420 g/mol. The molecule has 0 fully saturated rings. The van der Waals surface area contributed by atoms with Crippen molar-refractivity contribution in [2.75, 3.05) is 27.4 Å². The highest BCUT2D eigenvalue weighted by Gasteiger charge is 2.20. The Balaban J connectivity index is 2.75. The third kappa shape index (κ3) is 9.21. The average Bonchev–Trinajstić information content (AvgIpc) is 2.69. The number of ether oxygens (including phenoxy) is 3. The van der Waals surface area contributed by atoms with E-state index in [9.17, 15) is 9.90 Å². The van der Waals surface area contributed by atoms with Gasteiger partial charge in [0.2, 0.25) is 0 Å². The number of hydrogen-bond donors (Lipinski definition) is 1. The van der Waals surface area contributed by atoms with E-state index in [0.717, 1.165) is 30.8 Å². The summed E-state index contributed by atoms with van der Waals surface area (Å²) in [4.78, 5) is 11.4. The maximum absolute atomic E-state index is 11.4. The lowest BCUT2D eigenvalue weighted by Crippen LogP contribution is -2.18. The minimum absolute atomic E-state index is 0.134. The zero-order chi connectivity index (χ0) is 22.5. The molecule has 0 bridgehead atoms. The second-order valence-electron chi connectivity index (χ2n) is 8.52. The Morgan fingerprint density at radius 1 is 1.00 bits per heavy atom. The van der Waals surface area contributed by atoms with Crippen molar-refractivity contribution in [3.05, 3.63) is 35.9 Å². The molecule has 2 unspecified atom stereocenters. The molecule has 1 rings (SSSR count). The Bertz CT molecular complexity index is 651. The van der Waals surface area contributed by atoms with E-state index in [0.29, 0.717) is 31.5 Å². The van der Waals surface area contributed by atoms with Crippen LogP contribution in [0.1, 0.15) is 52.5 Å². The van der Waals surface area contributed by atoms with Crippen molar-refractivity contribution < 1.29 is 24.1 Å². The van der Waals surface area contributed by atoms with Crippen LogP contribution in [0.3, 0.4) is 0 Å². The standard InChI is InChI=1S/C25H40O5/c1-18(2)21(10-7-8-11-22(19(3)4)25(26)27)16-20-12-13-23(29-6)24(17-20)30-15-9-14-28-5/h7-8,12-13,17-19,21-22H,9-11,14-16H2,1-6H3,(H,26,27). The molecule has 0 saturated carbocycles. The van der Waals surface area contributed by atoms with Gasteiger partial charge in [0.05, 0.1) is 19.6 Å². The fraction of sp³-hybridized carbons (Fsp3) is 0.640. The van der Waals surface area contributed by atoms with Gasteiger partial charge < -0.3 is 19.3 Å². The molecule has 5 nitrogen and oxygen atoms in total. The first-order valence-electron chi connectivity index (χ1n) is 11.0. The number of allylic oxidation sites excluding steroid dienone is 2. The van der Waals surface area contributed by atoms with Crippen LogP contribution in [-0.2, 0) is 16.0 Å². The molecule has 1 N–H and O–H groups in total. The second-order valence-corrected chi connectivity index (χ2v) is 8.52. The van der Waals surface area contributed by atoms with Crippen LogP contribution in [0.4, 0.5) is 0 Å². The Hall–Kier alpha value is -2.01. The normalized spacial score (nSPS) is 13.7. The Morgan fingerprint density at radius 2 is 1.70 bits per heavy atom. The van der Waals surface area contributed by atoms with E-state index in [1.54, 1.807) is 14.2 Å². The first kappa shape index (κ1) is 26.0. The smallest absolute Gasteiger partial charge is 0.307 e. The maximum atomic E-state index is 11.4. The lowest BCUT2D eigenvalue weighted by atomic mass is 9.86. The van der Waals surface area contributed by atoms with Gasteiger partial charge in [0.1, 0.15) is 0 Å². The molecule has 30 heavy (non-hydrogen) atoms. The Morgan fingerprint density at radius 3 is 2.27 bits per heavy atom. The van der Waals surface area contributed by atoms with Crippen LogP contribution < -0.4 is 9.47 Å². The number of hydrogen-bond acceptors (Lipinski definition) is 4. The summed E-state index contributed by atoms with van der Waals surface area (Å²) in [5, 5.41) is 9.33. The van der Waals surface area contributed by atoms with Crippen LogP contribution in [0.5, 0.6) is 11.5 Å². The summed E-state index contributed by atoms with van der Waals surface area (Å²) in [7, 11) is 3.34. The molecule has 0 amide bonds. The molecular weight excluding hydrogens is 380 g/mol. The molecule has 1 aromatic carbocycles. The molecule has 170 valence electrons. The van der Waals surface area contributed by atoms with Gasteiger partial charge in [-0.25, -0.2) is 0 Å². The minimum Gasteiger partial charge on any atom is -0.493 e. The molecule has 0 radical (unpaired) electrons. The van der Waals surface area contributed by atoms with Crippen LogP contribution in [0.15, 0.2) is 30.4 Å². The summed E-state index contributed by atoms with van der Waals surface area (Å²) >= 11 is 0. The highest BCUT2D eigenvalue weighted by atomic mass is 16.5. The van der Waals surface area contributed by atoms with Crippen LogP contribution in [-0.4, -0.2) is 38.5 Å². The van der Waals surface area contributed by atoms with E-state index in [1.165, 1.54) is 5.56 Å². The SMILES string of the molecule is COCCCOc1cc(CC(CC=CCC(C(=O)O)C(C)C)C(C)C)ccc1OC. The molecular formula is C25H40O5. The minimum atomic E-state index is -0.716. The van der Waals surface area contributed by atoms with E-state index < -0.39 is 5.97 Å². The fourth-order valence-corrected chi connectivity index (χ4v) is 3.41. The molecule has 0 spiro atoms. The quantitative estimate of drug-likeness (QED) is 0.295. The molecule has 0 heterocycles. The third-order valence-corrected chi connectivity index (χ3v) is 5.54. The van der Waals surface area contributed by atoms with Crippen molar-refractivity contribution in [1.29, 1.82) is 0 Å². The van der Waals surface area contributed by atoms with Crippen molar-refractivity contribution in [2.24, 2.45) is 23.7 Å². The van der Waals surface area contributed by atoms with Gasteiger partial charge in [0.15, 0.2) is 11.5 Å². The summed E-state index contributed by atoms with van der Waals surface area (Å²) in [5.41, 5.74) is 1.22. The van der Waals surface area contributed by atoms with Crippen LogP contribution >= 0.6 is 0 Å². The molecule has 0 saturated heterocycles. The highest BCUT2D eigenvalue weighted by Crippen LogP contribution is 2.31. The number of carboxylic acids is 1. The van der Waals surface area contributed by atoms with Crippen molar-refractivity contribution in [2.45, 2.75) is 53.4 Å². The number of carbonyl (C=O) groups is 1. The first-order valence-corrected chi connectivity index (χ1v) is 11.0. The summed E-state index contributed by atoms with van der Waals surface area (Å²) in [6.45, 7) is 9.65. The number of methoxy groups -OCH3 is 2. The van der Waals surface area contributed by atoms with Gasteiger partial charge >= 0.3 is 5.97 Å². The van der Waals surface area contributed by atoms with Gasteiger partial charge in [-0.05, 0) is 54.7 Å². The summed E-state index contributed by atoms with van der Waals surface area (Å²) in [6.07, 6.45) is 7.46. The summed E-state index contributed by atoms with van der Waals surface area (Å²) in [6, 6.07) is 6.14. The molecule has 0 aliphatic rings. The van der Waals surface area contributed by atoms with Gasteiger partial charge in [0, 0.05) is 20.1 Å². The zero-order valence-corrected chi connectivity index (χ0v) is 19.5. The largest absolute Gasteiger partial charge is 0.493 e. The van der Waals surface area contributed by atoms with E-state index in [1.807, 2.05) is 26.0 Å². The van der Waals surface area contributed by atoms with Crippen LogP contribution in [0.2, 0.25) is 0 Å². The van der Waals surface area contributed by atoms with E-state index in [-0.39, 0.29) is 11.8 Å². The summed E-state index contributed by atoms with van der Waals surface area (Å²) in [5.74, 6) is 1.59. The molecule has 0 aliphatic heterocycles. The zero-order valence-electron chi connectivity index (χ0n) is 19.5. The number of aliphatic carboxylic acids is 1. The molecule has 1 aromatic rings. The van der Waals surface area contributed by atoms with Crippen molar-refractivity contribution >= 4 is 5.97 Å². The van der Waals surface area contributed by atoms with E-state index in [4.69, 9.17) is 14.2 Å². The topological polar surface area (TPSA) is 65.0 Å². The molecule has 0 aromatic heterocycles. The van der Waals surface area contributed by atoms with Gasteiger partial charge in [-0.3, -0.25) is 4.79 Å². The number of carboxylic acid groups (broad SMARTS) is 1. The Labute approximate surface area is 182 Å². The van der Waals surface area contributed by atoms with Crippen LogP contribution in [0, 0.1) is 23.7 Å².